The molecule has 0 amide bonds. The number of fused-ring (bicyclic) bond motifs is 1. The molecule has 0 spiro atoms. The Hall–Kier alpha value is -1.82. The van der Waals surface area contributed by atoms with E-state index >= 15 is 0 Å². The van der Waals surface area contributed by atoms with Gasteiger partial charge in [0, 0.05) is 42.8 Å². The molecule has 24 heavy (non-hydrogen) atoms. The van der Waals surface area contributed by atoms with Crippen LogP contribution < -0.4 is 5.73 Å². The van der Waals surface area contributed by atoms with Gasteiger partial charge < -0.3 is 10.6 Å². The molecule has 2 N–H and O–H groups in total. The number of benzene rings is 1. The first-order chi connectivity index (χ1) is 11.4. The van der Waals surface area contributed by atoms with Gasteiger partial charge in [0.25, 0.3) is 0 Å². The predicted molar refractivity (Wildman–Crippen MR) is 101 cm³/mol. The molecule has 3 rings (SSSR count). The second-order valence-corrected chi connectivity index (χ2v) is 7.38. The Labute approximate surface area is 151 Å². The zero-order chi connectivity index (χ0) is 17.4. The molecule has 0 bridgehead atoms. The number of guanidine groups is 1. The number of aryl methyl sites for hydroxylation is 3. The van der Waals surface area contributed by atoms with Crippen molar-refractivity contribution in [3.8, 4) is 0 Å². The normalized spacial score (nSPS) is 18.0. The second kappa shape index (κ2) is 6.59. The van der Waals surface area contributed by atoms with Crippen molar-refractivity contribution in [1.29, 1.82) is 0 Å². The summed E-state index contributed by atoms with van der Waals surface area (Å²) in [6.45, 7) is 4.94. The minimum absolute atomic E-state index is 0.137. The summed E-state index contributed by atoms with van der Waals surface area (Å²) in [5.74, 6) is 0.601. The molecular weight excluding hydrogens is 366 g/mol. The monoisotopic (exact) mass is 389 g/mol. The van der Waals surface area contributed by atoms with Crippen LogP contribution in [0, 0.1) is 13.8 Å². The number of aliphatic imine (C=N–C) groups is 1. The van der Waals surface area contributed by atoms with Gasteiger partial charge in [-0.3, -0.25) is 9.67 Å². The lowest BCUT2D eigenvalue weighted by molar-refractivity contribution is 0.360. The van der Waals surface area contributed by atoms with Crippen LogP contribution in [-0.2, 0) is 19.9 Å². The van der Waals surface area contributed by atoms with Crippen molar-refractivity contribution in [3.05, 3.63) is 50.8 Å². The van der Waals surface area contributed by atoms with Gasteiger partial charge in [0.2, 0.25) is 0 Å². The Kier molecular flexibility index (Phi) is 4.67. The molecule has 0 saturated heterocycles. The van der Waals surface area contributed by atoms with Crippen molar-refractivity contribution in [2.24, 2.45) is 17.8 Å². The maximum absolute atomic E-state index is 6.21. The molecule has 1 aromatic heterocycles. The maximum Gasteiger partial charge on any atom is 0.191 e. The average Bonchev–Trinajstić information content (AvgIpc) is 2.79. The molecular formula is C18H24BrN5. The van der Waals surface area contributed by atoms with Crippen LogP contribution in [0.4, 0.5) is 0 Å². The van der Waals surface area contributed by atoms with Crippen molar-refractivity contribution in [2.75, 3.05) is 13.6 Å². The molecule has 0 saturated carbocycles. The Morgan fingerprint density at radius 3 is 2.75 bits per heavy atom. The highest BCUT2D eigenvalue weighted by molar-refractivity contribution is 9.10. The number of rotatable bonds is 2. The molecule has 1 aliphatic rings. The van der Waals surface area contributed by atoms with Gasteiger partial charge in [-0.05, 0) is 43.5 Å². The molecule has 1 aromatic carbocycles. The summed E-state index contributed by atoms with van der Waals surface area (Å²) in [6.07, 6.45) is 1.75. The third kappa shape index (κ3) is 3.07. The molecule has 1 unspecified atom stereocenters. The Balaban J connectivity index is 2.07. The van der Waals surface area contributed by atoms with E-state index in [1.165, 1.54) is 22.4 Å². The molecule has 6 heteroatoms. The van der Waals surface area contributed by atoms with Crippen LogP contribution in [0.3, 0.4) is 0 Å². The van der Waals surface area contributed by atoms with Crippen LogP contribution in [0.5, 0.6) is 0 Å². The van der Waals surface area contributed by atoms with Crippen molar-refractivity contribution in [2.45, 2.75) is 32.7 Å². The van der Waals surface area contributed by atoms with Crippen LogP contribution in [0.25, 0.3) is 0 Å². The number of aromatic nitrogens is 2. The number of hydrogen-bond acceptors (Lipinski definition) is 4. The molecule has 0 radical (unpaired) electrons. The fourth-order valence-corrected chi connectivity index (χ4v) is 4.00. The van der Waals surface area contributed by atoms with Gasteiger partial charge in [-0.1, -0.05) is 22.0 Å². The van der Waals surface area contributed by atoms with Gasteiger partial charge in [0.1, 0.15) is 0 Å². The molecule has 2 heterocycles. The average molecular weight is 390 g/mol. The second-order valence-electron chi connectivity index (χ2n) is 6.46. The lowest BCUT2D eigenvalue weighted by atomic mass is 9.92. The van der Waals surface area contributed by atoms with Crippen LogP contribution >= 0.6 is 15.9 Å². The van der Waals surface area contributed by atoms with Crippen LogP contribution in [0.1, 0.15) is 34.1 Å². The third-order valence-corrected chi connectivity index (χ3v) is 5.39. The Morgan fingerprint density at radius 1 is 1.29 bits per heavy atom. The van der Waals surface area contributed by atoms with Crippen molar-refractivity contribution in [1.82, 2.24) is 14.7 Å². The first kappa shape index (κ1) is 17.0. The van der Waals surface area contributed by atoms with E-state index in [1.54, 1.807) is 0 Å². The van der Waals surface area contributed by atoms with Gasteiger partial charge in [0.05, 0.1) is 11.7 Å². The van der Waals surface area contributed by atoms with Crippen LogP contribution in [-0.4, -0.2) is 34.2 Å². The highest BCUT2D eigenvalue weighted by Crippen LogP contribution is 2.32. The summed E-state index contributed by atoms with van der Waals surface area (Å²) < 4.78 is 3.10. The van der Waals surface area contributed by atoms with E-state index in [2.05, 4.69) is 63.0 Å². The SMILES string of the molecule is Cc1cc(Br)ccc1CC1c2c(C)nn(C)c2CCN=C(N)N1C. The van der Waals surface area contributed by atoms with E-state index in [1.807, 2.05) is 18.8 Å². The lowest BCUT2D eigenvalue weighted by Crippen LogP contribution is -2.40. The first-order valence-corrected chi connectivity index (χ1v) is 8.98. The molecule has 1 atom stereocenters. The van der Waals surface area contributed by atoms with Gasteiger partial charge in [-0.2, -0.15) is 5.10 Å². The van der Waals surface area contributed by atoms with Crippen LogP contribution in [0.15, 0.2) is 27.7 Å². The van der Waals surface area contributed by atoms with Crippen LogP contribution in [0.2, 0.25) is 0 Å². The molecule has 0 aliphatic carbocycles. The minimum atomic E-state index is 0.137. The largest absolute Gasteiger partial charge is 0.370 e. The summed E-state index contributed by atoms with van der Waals surface area (Å²) in [6, 6.07) is 6.58. The first-order valence-electron chi connectivity index (χ1n) is 8.18. The molecule has 2 aromatic rings. The van der Waals surface area contributed by atoms with Gasteiger partial charge >= 0.3 is 0 Å². The van der Waals surface area contributed by atoms with Crippen molar-refractivity contribution >= 4 is 21.9 Å². The fraction of sp³-hybridized carbons (Fsp3) is 0.444. The van der Waals surface area contributed by atoms with E-state index in [9.17, 15) is 0 Å². The van der Waals surface area contributed by atoms with Gasteiger partial charge in [-0.15, -0.1) is 0 Å². The number of halogens is 1. The van der Waals surface area contributed by atoms with Crippen molar-refractivity contribution in [3.63, 3.8) is 0 Å². The smallest absolute Gasteiger partial charge is 0.191 e. The predicted octanol–water partition coefficient (Wildman–Crippen LogP) is 2.89. The summed E-state index contributed by atoms with van der Waals surface area (Å²) in [5.41, 5.74) is 12.4. The highest BCUT2D eigenvalue weighted by atomic mass is 79.9. The van der Waals surface area contributed by atoms with E-state index < -0.39 is 0 Å². The Bertz CT molecular complexity index is 793. The fourth-order valence-electron chi connectivity index (χ4n) is 3.53. The topological polar surface area (TPSA) is 59.4 Å². The number of hydrogen-bond donors (Lipinski definition) is 1. The molecule has 0 fully saturated rings. The summed E-state index contributed by atoms with van der Waals surface area (Å²) in [5, 5.41) is 4.65. The summed E-state index contributed by atoms with van der Waals surface area (Å²) in [7, 11) is 4.04. The number of likely N-dealkylation sites (N-methyl/N-ethyl adjacent to an activating group) is 1. The maximum atomic E-state index is 6.21. The molecule has 1 aliphatic heterocycles. The van der Waals surface area contributed by atoms with Gasteiger partial charge in [-0.25, -0.2) is 0 Å². The highest BCUT2D eigenvalue weighted by Gasteiger charge is 2.28. The minimum Gasteiger partial charge on any atom is -0.370 e. The number of nitrogens with zero attached hydrogens (tertiary/aromatic N) is 4. The third-order valence-electron chi connectivity index (χ3n) is 4.89. The summed E-state index contributed by atoms with van der Waals surface area (Å²) in [4.78, 5) is 6.61. The van der Waals surface area contributed by atoms with Gasteiger partial charge in [0.15, 0.2) is 5.96 Å². The Morgan fingerprint density at radius 2 is 2.04 bits per heavy atom. The van der Waals surface area contributed by atoms with E-state index in [-0.39, 0.29) is 6.04 Å². The zero-order valence-corrected chi connectivity index (χ0v) is 16.3. The van der Waals surface area contributed by atoms with Crippen molar-refractivity contribution < 1.29 is 0 Å². The molecule has 128 valence electrons. The van der Waals surface area contributed by atoms with E-state index in [0.29, 0.717) is 12.5 Å². The molecule has 5 nitrogen and oxygen atoms in total. The van der Waals surface area contributed by atoms with E-state index in [0.717, 1.165) is 23.0 Å². The lowest BCUT2D eigenvalue weighted by Gasteiger charge is -2.32. The standard InChI is InChI=1S/C18H24BrN5/c1-11-9-14(19)6-5-13(11)10-16-17-12(2)22-24(4)15(17)7-8-21-18(20)23(16)3/h5-6,9,16H,7-8,10H2,1-4H3,(H2,20,21). The number of nitrogens with two attached hydrogens (primary N) is 1. The summed E-state index contributed by atoms with van der Waals surface area (Å²) >= 11 is 3.54. The quantitative estimate of drug-likeness (QED) is 0.858. The van der Waals surface area contributed by atoms with E-state index in [4.69, 9.17) is 5.73 Å². The zero-order valence-electron chi connectivity index (χ0n) is 14.7.